The van der Waals surface area contributed by atoms with Crippen molar-refractivity contribution in [3.63, 3.8) is 0 Å². The summed E-state index contributed by atoms with van der Waals surface area (Å²) in [7, 11) is 0. The van der Waals surface area contributed by atoms with Crippen LogP contribution in [0, 0.1) is 0 Å². The summed E-state index contributed by atoms with van der Waals surface area (Å²) in [6, 6.07) is 16.1. The first kappa shape index (κ1) is 15.4. The molecular formula is C17H19Cl2N. The molecule has 0 heterocycles. The fourth-order valence-corrected chi connectivity index (χ4v) is 2.56. The van der Waals surface area contributed by atoms with Crippen LogP contribution in [0.2, 0.25) is 10.0 Å². The Morgan fingerprint density at radius 3 is 2.40 bits per heavy atom. The van der Waals surface area contributed by atoms with E-state index in [1.54, 1.807) is 6.07 Å². The zero-order valence-corrected chi connectivity index (χ0v) is 13.3. The van der Waals surface area contributed by atoms with Crippen molar-refractivity contribution in [1.82, 2.24) is 5.32 Å². The summed E-state index contributed by atoms with van der Waals surface area (Å²) in [4.78, 5) is 0. The summed E-state index contributed by atoms with van der Waals surface area (Å²) in [5.41, 5.74) is 2.43. The molecule has 0 radical (unpaired) electrons. The van der Waals surface area contributed by atoms with E-state index in [2.05, 4.69) is 43.4 Å². The Labute approximate surface area is 130 Å². The number of nitrogens with one attached hydrogen (secondary N) is 1. The van der Waals surface area contributed by atoms with E-state index in [0.29, 0.717) is 5.02 Å². The lowest BCUT2D eigenvalue weighted by atomic mass is 9.84. The van der Waals surface area contributed by atoms with Gasteiger partial charge in [0.25, 0.3) is 0 Å². The molecule has 0 saturated carbocycles. The van der Waals surface area contributed by atoms with E-state index in [4.69, 9.17) is 23.2 Å². The Kier molecular flexibility index (Phi) is 5.09. The smallest absolute Gasteiger partial charge is 0.0451 e. The fraction of sp³-hybridized carbons (Fsp3) is 0.294. The monoisotopic (exact) mass is 307 g/mol. The third kappa shape index (κ3) is 3.99. The van der Waals surface area contributed by atoms with Crippen LogP contribution in [-0.4, -0.2) is 6.54 Å². The zero-order valence-electron chi connectivity index (χ0n) is 11.8. The molecule has 0 aliphatic rings. The van der Waals surface area contributed by atoms with Crippen molar-refractivity contribution in [1.29, 1.82) is 0 Å². The predicted octanol–water partition coefficient (Wildman–Crippen LogP) is 5.06. The summed E-state index contributed by atoms with van der Waals surface area (Å²) in [5.74, 6) is 0. The molecule has 20 heavy (non-hydrogen) atoms. The molecule has 0 aromatic heterocycles. The Balaban J connectivity index is 1.97. The van der Waals surface area contributed by atoms with Gasteiger partial charge in [-0.1, -0.05) is 67.4 Å². The van der Waals surface area contributed by atoms with Crippen LogP contribution in [-0.2, 0) is 12.0 Å². The summed E-state index contributed by atoms with van der Waals surface area (Å²) >= 11 is 12.2. The highest BCUT2D eigenvalue weighted by Crippen LogP contribution is 2.23. The van der Waals surface area contributed by atoms with Crippen molar-refractivity contribution in [3.8, 4) is 0 Å². The maximum absolute atomic E-state index is 6.16. The number of hydrogen-bond donors (Lipinski definition) is 1. The molecule has 0 unspecified atom stereocenters. The molecule has 3 heteroatoms. The van der Waals surface area contributed by atoms with Crippen molar-refractivity contribution >= 4 is 23.2 Å². The first-order valence-corrected chi connectivity index (χ1v) is 7.45. The van der Waals surface area contributed by atoms with E-state index in [0.717, 1.165) is 23.7 Å². The van der Waals surface area contributed by atoms with Crippen molar-refractivity contribution < 1.29 is 0 Å². The lowest BCUT2D eigenvalue weighted by molar-refractivity contribution is 0.469. The summed E-state index contributed by atoms with van der Waals surface area (Å²) in [5, 5.41) is 4.93. The molecule has 0 saturated heterocycles. The molecule has 1 N–H and O–H groups in total. The highest BCUT2D eigenvalue weighted by atomic mass is 35.5. The van der Waals surface area contributed by atoms with Gasteiger partial charge in [0.15, 0.2) is 0 Å². The molecule has 0 aliphatic carbocycles. The van der Waals surface area contributed by atoms with Crippen LogP contribution < -0.4 is 5.32 Å². The predicted molar refractivity (Wildman–Crippen MR) is 87.6 cm³/mol. The molecule has 0 atom stereocenters. The lowest BCUT2D eigenvalue weighted by Crippen LogP contribution is -2.32. The number of hydrogen-bond acceptors (Lipinski definition) is 1. The highest BCUT2D eigenvalue weighted by molar-refractivity contribution is 6.33. The van der Waals surface area contributed by atoms with Gasteiger partial charge >= 0.3 is 0 Å². The average molecular weight is 308 g/mol. The summed E-state index contributed by atoms with van der Waals surface area (Å²) in [6.07, 6.45) is 0. The number of rotatable bonds is 5. The van der Waals surface area contributed by atoms with Crippen molar-refractivity contribution in [3.05, 3.63) is 69.7 Å². The second-order valence-electron chi connectivity index (χ2n) is 5.59. The minimum absolute atomic E-state index is 0.0757. The van der Waals surface area contributed by atoms with Gasteiger partial charge in [0.2, 0.25) is 0 Å². The SMILES string of the molecule is CC(C)(CNCc1cc(Cl)ccc1Cl)c1ccccc1. The Hall–Kier alpha value is -1.02. The highest BCUT2D eigenvalue weighted by Gasteiger charge is 2.19. The third-order valence-electron chi connectivity index (χ3n) is 3.45. The molecule has 0 spiro atoms. The molecule has 2 aromatic rings. The van der Waals surface area contributed by atoms with Gasteiger partial charge < -0.3 is 5.32 Å². The van der Waals surface area contributed by atoms with E-state index in [1.807, 2.05) is 18.2 Å². The lowest BCUT2D eigenvalue weighted by Gasteiger charge is -2.26. The standard InChI is InChI=1S/C17H19Cl2N/c1-17(2,14-6-4-3-5-7-14)12-20-11-13-10-15(18)8-9-16(13)19/h3-10,20H,11-12H2,1-2H3. The van der Waals surface area contributed by atoms with Crippen molar-refractivity contribution in [2.45, 2.75) is 25.8 Å². The van der Waals surface area contributed by atoms with Crippen molar-refractivity contribution in [2.75, 3.05) is 6.54 Å². The largest absolute Gasteiger partial charge is 0.312 e. The molecule has 0 bridgehead atoms. The van der Waals surface area contributed by atoms with E-state index in [-0.39, 0.29) is 5.41 Å². The van der Waals surface area contributed by atoms with Gasteiger partial charge in [-0.3, -0.25) is 0 Å². The van der Waals surface area contributed by atoms with Gasteiger partial charge in [0.1, 0.15) is 0 Å². The van der Waals surface area contributed by atoms with Gasteiger partial charge in [0.05, 0.1) is 0 Å². The van der Waals surface area contributed by atoms with Crippen LogP contribution in [0.25, 0.3) is 0 Å². The molecule has 106 valence electrons. The number of halogens is 2. The van der Waals surface area contributed by atoms with E-state index in [1.165, 1.54) is 5.56 Å². The molecule has 0 fully saturated rings. The van der Waals surface area contributed by atoms with Crippen LogP contribution in [0.3, 0.4) is 0 Å². The van der Waals surface area contributed by atoms with Crippen molar-refractivity contribution in [2.24, 2.45) is 0 Å². The average Bonchev–Trinajstić information content (AvgIpc) is 2.43. The normalized spacial score (nSPS) is 11.6. The van der Waals surface area contributed by atoms with Gasteiger partial charge in [-0.2, -0.15) is 0 Å². The van der Waals surface area contributed by atoms with Gasteiger partial charge in [-0.15, -0.1) is 0 Å². The first-order valence-electron chi connectivity index (χ1n) is 6.69. The van der Waals surface area contributed by atoms with Crippen LogP contribution in [0.1, 0.15) is 25.0 Å². The zero-order chi connectivity index (χ0) is 14.6. The van der Waals surface area contributed by atoms with Crippen LogP contribution in [0.4, 0.5) is 0 Å². The van der Waals surface area contributed by atoms with Crippen LogP contribution >= 0.6 is 23.2 Å². The van der Waals surface area contributed by atoms with Gasteiger partial charge in [0, 0.05) is 28.5 Å². The topological polar surface area (TPSA) is 12.0 Å². The second-order valence-corrected chi connectivity index (χ2v) is 6.43. The molecule has 2 rings (SSSR count). The molecule has 2 aromatic carbocycles. The third-order valence-corrected chi connectivity index (χ3v) is 4.05. The van der Waals surface area contributed by atoms with Gasteiger partial charge in [-0.25, -0.2) is 0 Å². The Morgan fingerprint density at radius 1 is 1.00 bits per heavy atom. The fourth-order valence-electron chi connectivity index (χ4n) is 2.18. The number of benzene rings is 2. The maximum atomic E-state index is 6.16. The summed E-state index contributed by atoms with van der Waals surface area (Å²) in [6.45, 7) is 6.05. The molecule has 0 amide bonds. The Morgan fingerprint density at radius 2 is 1.70 bits per heavy atom. The molecule has 1 nitrogen and oxygen atoms in total. The molecule has 0 aliphatic heterocycles. The van der Waals surface area contributed by atoms with E-state index >= 15 is 0 Å². The quantitative estimate of drug-likeness (QED) is 0.814. The Bertz CT molecular complexity index is 564. The van der Waals surface area contributed by atoms with E-state index in [9.17, 15) is 0 Å². The van der Waals surface area contributed by atoms with Crippen LogP contribution in [0.5, 0.6) is 0 Å². The minimum atomic E-state index is 0.0757. The van der Waals surface area contributed by atoms with Gasteiger partial charge in [-0.05, 0) is 29.3 Å². The second kappa shape index (κ2) is 6.62. The first-order chi connectivity index (χ1) is 9.49. The van der Waals surface area contributed by atoms with Crippen LogP contribution in [0.15, 0.2) is 48.5 Å². The van der Waals surface area contributed by atoms with E-state index < -0.39 is 0 Å². The summed E-state index contributed by atoms with van der Waals surface area (Å²) < 4.78 is 0. The maximum Gasteiger partial charge on any atom is 0.0451 e. The minimum Gasteiger partial charge on any atom is -0.312 e. The molecular weight excluding hydrogens is 289 g/mol.